The van der Waals surface area contributed by atoms with Crippen molar-refractivity contribution in [3.05, 3.63) is 82.0 Å². The van der Waals surface area contributed by atoms with Crippen molar-refractivity contribution < 1.29 is 51.0 Å². The van der Waals surface area contributed by atoms with Gasteiger partial charge in [0.1, 0.15) is 0 Å². The van der Waals surface area contributed by atoms with Crippen LogP contribution in [-0.2, 0) is 43.5 Å². The SMILES string of the molecule is CC(C)(C)c1[c-]c2c(cc1)-c1ccc(C(C)(C)C)cc1C2.CC1=[C-]C(C(C)(C)C)=CC1.[Cl-].[Cl-].[Zr+4]. The zero-order valence-electron chi connectivity index (χ0n) is 22.6. The largest absolute Gasteiger partial charge is 4.00 e. The van der Waals surface area contributed by atoms with Crippen LogP contribution in [0.1, 0.15) is 97.9 Å². The molecule has 0 saturated carbocycles. The molecule has 0 amide bonds. The van der Waals surface area contributed by atoms with E-state index >= 15 is 0 Å². The van der Waals surface area contributed by atoms with E-state index in [4.69, 9.17) is 0 Å². The quantitative estimate of drug-likeness (QED) is 0.363. The molecule has 0 aliphatic heterocycles. The predicted molar refractivity (Wildman–Crippen MR) is 136 cm³/mol. The third-order valence-electron chi connectivity index (χ3n) is 6.23. The first-order chi connectivity index (χ1) is 14.2. The van der Waals surface area contributed by atoms with Gasteiger partial charge in [0.2, 0.25) is 0 Å². The molecule has 34 heavy (non-hydrogen) atoms. The Kier molecular flexibility index (Phi) is 11.9. The Labute approximate surface area is 241 Å². The summed E-state index contributed by atoms with van der Waals surface area (Å²) in [7, 11) is 0. The Morgan fingerprint density at radius 2 is 1.32 bits per heavy atom. The molecule has 3 heteroatoms. The van der Waals surface area contributed by atoms with E-state index in [1.54, 1.807) is 0 Å². The molecule has 182 valence electrons. The van der Waals surface area contributed by atoms with Crippen LogP contribution < -0.4 is 24.8 Å². The zero-order valence-corrected chi connectivity index (χ0v) is 26.6. The molecule has 0 nitrogen and oxygen atoms in total. The van der Waals surface area contributed by atoms with Crippen molar-refractivity contribution in [2.75, 3.05) is 0 Å². The molecule has 4 rings (SSSR count). The van der Waals surface area contributed by atoms with E-state index in [1.165, 1.54) is 44.5 Å². The minimum absolute atomic E-state index is 0. The standard InChI is InChI=1S/C21H25.C10H15.2ClH.Zr/c1-20(2,3)16-7-9-18-14(12-16)11-15-13-17(21(4,5)6)8-10-19(15)18;1-8-5-6-9(7-8)10(2,3)4;;;/h7-10,12H,11H2,1-6H3;6H,5H2,1-4H3;2*1H;/q2*-1;;;+4/p-2. The van der Waals surface area contributed by atoms with Gasteiger partial charge < -0.3 is 24.8 Å². The molecule has 0 heterocycles. The Morgan fingerprint density at radius 3 is 1.76 bits per heavy atom. The van der Waals surface area contributed by atoms with Gasteiger partial charge in [0.25, 0.3) is 0 Å². The molecule has 2 aromatic carbocycles. The fourth-order valence-corrected chi connectivity index (χ4v) is 4.11. The van der Waals surface area contributed by atoms with Gasteiger partial charge in [0.05, 0.1) is 0 Å². The zero-order chi connectivity index (χ0) is 23.2. The van der Waals surface area contributed by atoms with Crippen LogP contribution in [0.25, 0.3) is 11.1 Å². The average Bonchev–Trinajstić information content (AvgIpc) is 3.22. The summed E-state index contributed by atoms with van der Waals surface area (Å²) in [5.74, 6) is 0. The first-order valence-electron chi connectivity index (χ1n) is 11.7. The van der Waals surface area contributed by atoms with Crippen molar-refractivity contribution >= 4 is 0 Å². The summed E-state index contributed by atoms with van der Waals surface area (Å²) >= 11 is 0. The second kappa shape index (κ2) is 12.1. The summed E-state index contributed by atoms with van der Waals surface area (Å²) < 4.78 is 0. The summed E-state index contributed by atoms with van der Waals surface area (Å²) in [6, 6.07) is 15.2. The van der Waals surface area contributed by atoms with Crippen molar-refractivity contribution in [2.45, 2.75) is 92.9 Å². The van der Waals surface area contributed by atoms with Gasteiger partial charge in [-0.2, -0.15) is 29.3 Å². The van der Waals surface area contributed by atoms with Crippen molar-refractivity contribution in [3.63, 3.8) is 0 Å². The van der Waals surface area contributed by atoms with Gasteiger partial charge in [-0.15, -0.1) is 11.1 Å². The number of hydrogen-bond acceptors (Lipinski definition) is 0. The average molecular weight is 575 g/mol. The van der Waals surface area contributed by atoms with E-state index in [0.29, 0.717) is 0 Å². The predicted octanol–water partition coefficient (Wildman–Crippen LogP) is 2.77. The van der Waals surface area contributed by atoms with Gasteiger partial charge in [0.15, 0.2) is 0 Å². The molecule has 0 fully saturated rings. The maximum atomic E-state index is 3.67. The Hall–Kier alpha value is -0.617. The van der Waals surface area contributed by atoms with E-state index in [0.717, 1.165) is 12.8 Å². The third-order valence-corrected chi connectivity index (χ3v) is 6.23. The molecule has 0 N–H and O–H groups in total. The van der Waals surface area contributed by atoms with Crippen LogP contribution in [0.15, 0.2) is 47.6 Å². The maximum absolute atomic E-state index is 3.67. The van der Waals surface area contributed by atoms with E-state index in [9.17, 15) is 0 Å². The molecular weight excluding hydrogens is 534 g/mol. The van der Waals surface area contributed by atoms with Crippen LogP contribution in [0.2, 0.25) is 0 Å². The molecule has 0 aromatic heterocycles. The van der Waals surface area contributed by atoms with Crippen molar-refractivity contribution in [2.24, 2.45) is 5.41 Å². The van der Waals surface area contributed by atoms with E-state index in [1.807, 2.05) is 0 Å². The fraction of sp³-hybridized carbons (Fsp3) is 0.484. The first-order valence-corrected chi connectivity index (χ1v) is 11.7. The molecule has 0 spiro atoms. The molecule has 2 aliphatic carbocycles. The third kappa shape index (κ3) is 7.95. The summed E-state index contributed by atoms with van der Waals surface area (Å²) in [4.78, 5) is 0. The van der Waals surface area contributed by atoms with Gasteiger partial charge in [-0.3, -0.25) is 0 Å². The molecule has 0 bridgehead atoms. The molecule has 0 unspecified atom stereocenters. The molecular formula is C31H40Cl2Zr. The van der Waals surface area contributed by atoms with Gasteiger partial charge in [0, 0.05) is 0 Å². The number of hydrogen-bond donors (Lipinski definition) is 0. The monoisotopic (exact) mass is 572 g/mol. The number of halogens is 2. The van der Waals surface area contributed by atoms with E-state index in [2.05, 4.69) is 118 Å². The van der Waals surface area contributed by atoms with Crippen LogP contribution in [0.4, 0.5) is 0 Å². The van der Waals surface area contributed by atoms with Gasteiger partial charge in [-0.1, -0.05) is 99.4 Å². The second-order valence-corrected chi connectivity index (χ2v) is 12.3. The Balaban J connectivity index is 0.000000721. The number of fused-ring (bicyclic) bond motifs is 3. The van der Waals surface area contributed by atoms with Crippen LogP contribution in [0.3, 0.4) is 0 Å². The summed E-state index contributed by atoms with van der Waals surface area (Å²) in [5.41, 5.74) is 11.7. The van der Waals surface area contributed by atoms with Crippen molar-refractivity contribution in [1.82, 2.24) is 0 Å². The van der Waals surface area contributed by atoms with Crippen molar-refractivity contribution in [1.29, 1.82) is 0 Å². The molecule has 0 saturated heterocycles. The fourth-order valence-electron chi connectivity index (χ4n) is 4.11. The molecule has 2 aromatic rings. The van der Waals surface area contributed by atoms with E-state index < -0.39 is 0 Å². The minimum atomic E-state index is 0. The van der Waals surface area contributed by atoms with Gasteiger partial charge in [-0.25, -0.2) is 17.7 Å². The number of benzene rings is 2. The van der Waals surface area contributed by atoms with Crippen molar-refractivity contribution in [3.8, 4) is 11.1 Å². The Bertz CT molecular complexity index is 977. The topological polar surface area (TPSA) is 0 Å². The first kappa shape index (κ1) is 33.4. The van der Waals surface area contributed by atoms with E-state index in [-0.39, 0.29) is 67.3 Å². The smallest absolute Gasteiger partial charge is 1.00 e. The molecule has 0 atom stereocenters. The maximum Gasteiger partial charge on any atom is 4.00 e. The second-order valence-electron chi connectivity index (χ2n) is 12.3. The van der Waals surface area contributed by atoms with Crippen LogP contribution in [0.5, 0.6) is 0 Å². The number of rotatable bonds is 0. The molecule has 2 aliphatic rings. The normalized spacial score (nSPS) is 14.2. The van der Waals surface area contributed by atoms with Crippen LogP contribution in [0, 0.1) is 17.6 Å². The minimum Gasteiger partial charge on any atom is -1.00 e. The summed E-state index contributed by atoms with van der Waals surface area (Å²) in [6.45, 7) is 22.4. The Morgan fingerprint density at radius 1 is 0.735 bits per heavy atom. The van der Waals surface area contributed by atoms with Crippen LogP contribution >= 0.6 is 0 Å². The van der Waals surface area contributed by atoms with Gasteiger partial charge >= 0.3 is 26.2 Å². The summed E-state index contributed by atoms with van der Waals surface area (Å²) in [5, 5.41) is 0. The summed E-state index contributed by atoms with van der Waals surface area (Å²) in [6.07, 6.45) is 7.77. The number of allylic oxidation sites excluding steroid dienone is 4. The van der Waals surface area contributed by atoms with Crippen LogP contribution in [-0.4, -0.2) is 0 Å². The van der Waals surface area contributed by atoms with Gasteiger partial charge in [-0.05, 0) is 33.8 Å². The molecule has 0 radical (unpaired) electrons.